The van der Waals surface area contributed by atoms with Gasteiger partial charge < -0.3 is 9.64 Å². The standard InChI is InChI=1S/C19H22N2O2S/c1-12-9-14-11-17(23-16(14)10-13(12)2)19(22)21-7-4-3-5-15(21)18-20-6-8-24-18/h6,8-10,15,17H,3-5,7,11H2,1-2H3/t15-,17+/m0/s1. The molecule has 1 saturated heterocycles. The van der Waals surface area contributed by atoms with Gasteiger partial charge in [0.05, 0.1) is 6.04 Å². The maximum absolute atomic E-state index is 13.1. The number of hydrogen-bond donors (Lipinski definition) is 0. The molecule has 2 aliphatic heterocycles. The maximum atomic E-state index is 13.1. The zero-order valence-corrected chi connectivity index (χ0v) is 14.9. The molecule has 1 aromatic carbocycles. The van der Waals surface area contributed by atoms with Crippen LogP contribution in [-0.2, 0) is 11.2 Å². The van der Waals surface area contributed by atoms with Crippen LogP contribution in [0.1, 0.15) is 47.0 Å². The molecule has 1 amide bonds. The van der Waals surface area contributed by atoms with Gasteiger partial charge in [0.1, 0.15) is 10.8 Å². The first-order valence-corrected chi connectivity index (χ1v) is 9.48. The van der Waals surface area contributed by atoms with Crippen LogP contribution in [0.5, 0.6) is 5.75 Å². The quantitative estimate of drug-likeness (QED) is 0.833. The Bertz CT molecular complexity index is 726. The molecule has 0 aliphatic carbocycles. The van der Waals surface area contributed by atoms with E-state index in [1.165, 1.54) is 11.1 Å². The van der Waals surface area contributed by atoms with Crippen LogP contribution in [0, 0.1) is 13.8 Å². The number of likely N-dealkylation sites (tertiary alicyclic amines) is 1. The van der Waals surface area contributed by atoms with E-state index in [4.69, 9.17) is 4.74 Å². The predicted octanol–water partition coefficient (Wildman–Crippen LogP) is 3.82. The van der Waals surface area contributed by atoms with Crippen molar-refractivity contribution in [3.8, 4) is 5.75 Å². The summed E-state index contributed by atoms with van der Waals surface area (Å²) < 4.78 is 6.02. The fraction of sp³-hybridized carbons (Fsp3) is 0.474. The van der Waals surface area contributed by atoms with Gasteiger partial charge >= 0.3 is 0 Å². The molecule has 3 heterocycles. The molecule has 2 aliphatic rings. The lowest BCUT2D eigenvalue weighted by Crippen LogP contribution is -2.45. The molecule has 0 radical (unpaired) electrons. The SMILES string of the molecule is Cc1cc2c(cc1C)O[C@@H](C(=O)N1CCCC[C@H]1c1nccs1)C2. The molecule has 1 aromatic heterocycles. The van der Waals surface area contributed by atoms with Crippen molar-refractivity contribution < 1.29 is 9.53 Å². The molecular formula is C19H22N2O2S. The van der Waals surface area contributed by atoms with Crippen LogP contribution in [-0.4, -0.2) is 28.4 Å². The average Bonchev–Trinajstić information content (AvgIpc) is 3.24. The number of aromatic nitrogens is 1. The highest BCUT2D eigenvalue weighted by Gasteiger charge is 2.37. The summed E-state index contributed by atoms with van der Waals surface area (Å²) in [7, 11) is 0. The molecule has 0 unspecified atom stereocenters. The Hall–Kier alpha value is -1.88. The third-order valence-electron chi connectivity index (χ3n) is 5.15. The van der Waals surface area contributed by atoms with E-state index >= 15 is 0 Å². The van der Waals surface area contributed by atoms with Crippen molar-refractivity contribution in [1.29, 1.82) is 0 Å². The first-order valence-electron chi connectivity index (χ1n) is 8.60. The molecule has 5 heteroatoms. The number of rotatable bonds is 2. The summed E-state index contributed by atoms with van der Waals surface area (Å²) in [5, 5.41) is 3.03. The van der Waals surface area contributed by atoms with E-state index in [2.05, 4.69) is 31.0 Å². The molecule has 2 aromatic rings. The minimum atomic E-state index is -0.387. The molecular weight excluding hydrogens is 320 g/mol. The van der Waals surface area contributed by atoms with Crippen molar-refractivity contribution in [2.45, 2.75) is 51.7 Å². The van der Waals surface area contributed by atoms with Gasteiger partial charge in [-0.2, -0.15) is 0 Å². The number of aryl methyl sites for hydroxylation is 2. The number of fused-ring (bicyclic) bond motifs is 1. The van der Waals surface area contributed by atoms with Crippen molar-refractivity contribution in [2.24, 2.45) is 0 Å². The second-order valence-electron chi connectivity index (χ2n) is 6.77. The first-order chi connectivity index (χ1) is 11.6. The van der Waals surface area contributed by atoms with Gasteiger partial charge in [-0.15, -0.1) is 11.3 Å². The van der Waals surface area contributed by atoms with Gasteiger partial charge in [-0.25, -0.2) is 4.98 Å². The number of benzene rings is 1. The number of piperidine rings is 1. The molecule has 2 atom stereocenters. The monoisotopic (exact) mass is 342 g/mol. The summed E-state index contributed by atoms with van der Waals surface area (Å²) in [6.45, 7) is 4.99. The lowest BCUT2D eigenvalue weighted by Gasteiger charge is -2.35. The Morgan fingerprint density at radius 1 is 1.29 bits per heavy atom. The summed E-state index contributed by atoms with van der Waals surface area (Å²) in [6, 6.07) is 4.33. The smallest absolute Gasteiger partial charge is 0.264 e. The fourth-order valence-corrected chi connectivity index (χ4v) is 4.47. The number of hydrogen-bond acceptors (Lipinski definition) is 4. The van der Waals surface area contributed by atoms with Gasteiger partial charge in [-0.05, 0) is 55.9 Å². The van der Waals surface area contributed by atoms with Crippen molar-refractivity contribution >= 4 is 17.2 Å². The highest BCUT2D eigenvalue weighted by molar-refractivity contribution is 7.09. The van der Waals surface area contributed by atoms with Crippen molar-refractivity contribution in [1.82, 2.24) is 9.88 Å². The van der Waals surface area contributed by atoms with Crippen LogP contribution in [0.25, 0.3) is 0 Å². The van der Waals surface area contributed by atoms with Gasteiger partial charge in [0.2, 0.25) is 0 Å². The maximum Gasteiger partial charge on any atom is 0.264 e. The van der Waals surface area contributed by atoms with Crippen molar-refractivity contribution in [3.63, 3.8) is 0 Å². The van der Waals surface area contributed by atoms with Crippen LogP contribution in [0.15, 0.2) is 23.7 Å². The topological polar surface area (TPSA) is 42.4 Å². The molecule has 1 fully saturated rings. The third-order valence-corrected chi connectivity index (χ3v) is 6.03. The van der Waals surface area contributed by atoms with E-state index in [1.54, 1.807) is 11.3 Å². The molecule has 0 spiro atoms. The first kappa shape index (κ1) is 15.6. The van der Waals surface area contributed by atoms with Crippen LogP contribution < -0.4 is 4.74 Å². The minimum absolute atomic E-state index is 0.112. The Morgan fingerprint density at radius 3 is 2.92 bits per heavy atom. The number of carbonyl (C=O) groups excluding carboxylic acids is 1. The van der Waals surface area contributed by atoms with Crippen LogP contribution >= 0.6 is 11.3 Å². The Morgan fingerprint density at radius 2 is 2.12 bits per heavy atom. The van der Waals surface area contributed by atoms with Gasteiger partial charge in [0.25, 0.3) is 5.91 Å². The normalized spacial score (nSPS) is 23.0. The van der Waals surface area contributed by atoms with Gasteiger partial charge in [-0.3, -0.25) is 4.79 Å². The third kappa shape index (κ3) is 2.71. The number of carbonyl (C=O) groups is 1. The van der Waals surface area contributed by atoms with E-state index in [9.17, 15) is 4.79 Å². The van der Waals surface area contributed by atoms with Gasteiger partial charge in [-0.1, -0.05) is 6.07 Å². The molecule has 0 N–H and O–H groups in total. The molecule has 4 nitrogen and oxygen atoms in total. The van der Waals surface area contributed by atoms with Crippen molar-refractivity contribution in [2.75, 3.05) is 6.54 Å². The number of thiazole rings is 1. The zero-order chi connectivity index (χ0) is 16.7. The van der Waals surface area contributed by atoms with Gasteiger partial charge in [0.15, 0.2) is 6.10 Å². The average molecular weight is 342 g/mol. The lowest BCUT2D eigenvalue weighted by molar-refractivity contribution is -0.142. The van der Waals surface area contributed by atoms with E-state index < -0.39 is 0 Å². The Balaban J connectivity index is 1.55. The summed E-state index contributed by atoms with van der Waals surface area (Å²) >= 11 is 1.64. The highest BCUT2D eigenvalue weighted by Crippen LogP contribution is 2.36. The summed E-state index contributed by atoms with van der Waals surface area (Å²) in [6.07, 6.45) is 5.32. The minimum Gasteiger partial charge on any atom is -0.480 e. The van der Waals surface area contributed by atoms with E-state index in [1.807, 2.05) is 16.5 Å². The van der Waals surface area contributed by atoms with E-state index in [-0.39, 0.29) is 18.1 Å². The summed E-state index contributed by atoms with van der Waals surface area (Å²) in [5.41, 5.74) is 3.61. The molecule has 126 valence electrons. The number of ether oxygens (including phenoxy) is 1. The summed E-state index contributed by atoms with van der Waals surface area (Å²) in [5.74, 6) is 0.987. The number of nitrogens with zero attached hydrogens (tertiary/aromatic N) is 2. The second-order valence-corrected chi connectivity index (χ2v) is 7.69. The highest BCUT2D eigenvalue weighted by atomic mass is 32.1. The Labute approximate surface area is 146 Å². The van der Waals surface area contributed by atoms with Crippen LogP contribution in [0.4, 0.5) is 0 Å². The zero-order valence-electron chi connectivity index (χ0n) is 14.1. The molecule has 0 bridgehead atoms. The summed E-state index contributed by atoms with van der Waals surface area (Å²) in [4.78, 5) is 19.6. The largest absolute Gasteiger partial charge is 0.480 e. The fourth-order valence-electron chi connectivity index (χ4n) is 3.69. The van der Waals surface area contributed by atoms with Crippen molar-refractivity contribution in [3.05, 3.63) is 45.4 Å². The Kier molecular flexibility index (Phi) is 4.04. The van der Waals surface area contributed by atoms with E-state index in [0.717, 1.165) is 42.1 Å². The second kappa shape index (κ2) is 6.20. The number of amides is 1. The van der Waals surface area contributed by atoms with Crippen LogP contribution in [0.2, 0.25) is 0 Å². The lowest BCUT2D eigenvalue weighted by atomic mass is 10.00. The van der Waals surface area contributed by atoms with Crippen LogP contribution in [0.3, 0.4) is 0 Å². The molecule has 0 saturated carbocycles. The van der Waals surface area contributed by atoms with Gasteiger partial charge in [0, 0.05) is 24.5 Å². The predicted molar refractivity (Wildman–Crippen MR) is 94.5 cm³/mol. The van der Waals surface area contributed by atoms with E-state index in [0.29, 0.717) is 6.42 Å². The molecule has 24 heavy (non-hydrogen) atoms. The molecule has 4 rings (SSSR count).